The van der Waals surface area contributed by atoms with Gasteiger partial charge in [0, 0.05) is 25.0 Å². The van der Waals surface area contributed by atoms with Crippen LogP contribution in [-0.2, 0) is 4.74 Å². The monoisotopic (exact) mass is 293 g/mol. The van der Waals surface area contributed by atoms with Crippen LogP contribution in [0.2, 0.25) is 0 Å². The van der Waals surface area contributed by atoms with Gasteiger partial charge in [0.1, 0.15) is 0 Å². The third kappa shape index (κ3) is 5.65. The molecule has 0 aromatic rings. The van der Waals surface area contributed by atoms with E-state index >= 15 is 0 Å². The van der Waals surface area contributed by atoms with Crippen molar-refractivity contribution in [3.8, 4) is 0 Å². The van der Waals surface area contributed by atoms with Gasteiger partial charge in [-0.15, -0.1) is 0 Å². The van der Waals surface area contributed by atoms with Crippen LogP contribution in [0.4, 0.5) is 0 Å². The Bertz CT molecular complexity index is 179. The first-order chi connectivity index (χ1) is 7.36. The van der Waals surface area contributed by atoms with Crippen LogP contribution in [0.5, 0.6) is 0 Å². The van der Waals surface area contributed by atoms with E-state index in [1.807, 2.05) is 0 Å². The average molecular weight is 294 g/mol. The number of rotatable bonds is 7. The highest BCUT2D eigenvalue weighted by molar-refractivity contribution is 9.09. The predicted molar refractivity (Wildman–Crippen MR) is 75.3 cm³/mol. The van der Waals surface area contributed by atoms with Crippen molar-refractivity contribution in [1.82, 2.24) is 4.90 Å². The highest BCUT2D eigenvalue weighted by Crippen LogP contribution is 2.28. The van der Waals surface area contributed by atoms with E-state index in [4.69, 9.17) is 4.74 Å². The summed E-state index contributed by atoms with van der Waals surface area (Å²) in [5.74, 6) is 0.673. The number of likely N-dealkylation sites (N-methyl/N-ethyl adjacent to an activating group) is 1. The highest BCUT2D eigenvalue weighted by atomic mass is 79.9. The second kappa shape index (κ2) is 7.67. The molecule has 2 atom stereocenters. The molecule has 98 valence electrons. The lowest BCUT2D eigenvalue weighted by molar-refractivity contribution is 0.0772. The Hall–Kier alpha value is 0.400. The first-order valence-electron chi connectivity index (χ1n) is 6.15. The summed E-state index contributed by atoms with van der Waals surface area (Å²) < 4.78 is 5.23. The molecule has 2 unspecified atom stereocenters. The summed E-state index contributed by atoms with van der Waals surface area (Å²) in [7, 11) is 1.77. The summed E-state index contributed by atoms with van der Waals surface area (Å²) in [6.07, 6.45) is 0. The fourth-order valence-electron chi connectivity index (χ4n) is 1.80. The third-order valence-corrected chi connectivity index (χ3v) is 4.08. The molecule has 0 fully saturated rings. The summed E-state index contributed by atoms with van der Waals surface area (Å²) in [5, 5.41) is 1.06. The van der Waals surface area contributed by atoms with Crippen LogP contribution in [0, 0.1) is 11.3 Å². The van der Waals surface area contributed by atoms with Gasteiger partial charge < -0.3 is 4.74 Å². The molecular weight excluding hydrogens is 266 g/mol. The molecule has 0 aromatic carbocycles. The molecule has 2 nitrogen and oxygen atoms in total. The van der Waals surface area contributed by atoms with Crippen LogP contribution < -0.4 is 0 Å². The normalized spacial score (nSPS) is 16.5. The van der Waals surface area contributed by atoms with Crippen LogP contribution >= 0.6 is 15.9 Å². The van der Waals surface area contributed by atoms with Crippen molar-refractivity contribution in [2.45, 2.75) is 40.7 Å². The SMILES string of the molecule is CCN(CC(CBr)C(C)(C)C)C(C)COC. The van der Waals surface area contributed by atoms with Crippen molar-refractivity contribution in [2.75, 3.05) is 32.1 Å². The van der Waals surface area contributed by atoms with E-state index in [2.05, 4.69) is 55.4 Å². The van der Waals surface area contributed by atoms with Crippen LogP contribution in [0.15, 0.2) is 0 Å². The number of alkyl halides is 1. The number of nitrogens with zero attached hydrogens (tertiary/aromatic N) is 1. The zero-order chi connectivity index (χ0) is 12.8. The lowest BCUT2D eigenvalue weighted by Gasteiger charge is -2.36. The topological polar surface area (TPSA) is 12.5 Å². The van der Waals surface area contributed by atoms with Gasteiger partial charge in [-0.05, 0) is 24.8 Å². The minimum Gasteiger partial charge on any atom is -0.383 e. The van der Waals surface area contributed by atoms with E-state index in [0.29, 0.717) is 17.4 Å². The van der Waals surface area contributed by atoms with E-state index in [1.165, 1.54) is 0 Å². The van der Waals surface area contributed by atoms with Gasteiger partial charge in [0.25, 0.3) is 0 Å². The van der Waals surface area contributed by atoms with Crippen LogP contribution in [0.25, 0.3) is 0 Å². The summed E-state index contributed by atoms with van der Waals surface area (Å²) >= 11 is 3.64. The smallest absolute Gasteiger partial charge is 0.0615 e. The van der Waals surface area contributed by atoms with Gasteiger partial charge in [-0.2, -0.15) is 0 Å². The number of halogens is 1. The molecule has 0 radical (unpaired) electrons. The molecular formula is C13H28BrNO. The Labute approximate surface area is 110 Å². The molecule has 0 aliphatic rings. The number of ether oxygens (including phenoxy) is 1. The first kappa shape index (κ1) is 16.4. The van der Waals surface area contributed by atoms with Crippen molar-refractivity contribution in [1.29, 1.82) is 0 Å². The lowest BCUT2D eigenvalue weighted by Crippen LogP contribution is -2.42. The third-order valence-electron chi connectivity index (χ3n) is 3.30. The quantitative estimate of drug-likeness (QED) is 0.667. The second-order valence-corrected chi connectivity index (χ2v) is 6.26. The molecule has 16 heavy (non-hydrogen) atoms. The minimum atomic E-state index is 0.351. The largest absolute Gasteiger partial charge is 0.383 e. The molecule has 3 heteroatoms. The lowest BCUT2D eigenvalue weighted by atomic mass is 9.81. The first-order valence-corrected chi connectivity index (χ1v) is 7.27. The molecule has 0 heterocycles. The zero-order valence-corrected chi connectivity index (χ0v) is 13.3. The number of methoxy groups -OCH3 is 1. The van der Waals surface area contributed by atoms with Crippen molar-refractivity contribution in [3.63, 3.8) is 0 Å². The minimum absolute atomic E-state index is 0.351. The number of hydrogen-bond donors (Lipinski definition) is 0. The van der Waals surface area contributed by atoms with Gasteiger partial charge in [0.15, 0.2) is 0 Å². The maximum Gasteiger partial charge on any atom is 0.0615 e. The van der Waals surface area contributed by atoms with Crippen molar-refractivity contribution in [2.24, 2.45) is 11.3 Å². The summed E-state index contributed by atoms with van der Waals surface area (Å²) in [4.78, 5) is 2.50. The highest BCUT2D eigenvalue weighted by Gasteiger charge is 2.26. The maximum atomic E-state index is 5.23. The summed E-state index contributed by atoms with van der Waals surface area (Å²) in [5.41, 5.74) is 0.351. The fourth-order valence-corrected chi connectivity index (χ4v) is 2.98. The van der Waals surface area contributed by atoms with E-state index in [-0.39, 0.29) is 0 Å². The molecule has 0 aromatic heterocycles. The summed E-state index contributed by atoms with van der Waals surface area (Å²) in [6, 6.07) is 0.499. The molecule has 0 saturated heterocycles. The van der Waals surface area contributed by atoms with Gasteiger partial charge in [-0.1, -0.05) is 43.6 Å². The molecule has 0 spiro atoms. The molecule has 0 aliphatic carbocycles. The van der Waals surface area contributed by atoms with Gasteiger partial charge in [0.05, 0.1) is 6.61 Å². The van der Waals surface area contributed by atoms with E-state index in [9.17, 15) is 0 Å². The van der Waals surface area contributed by atoms with Crippen LogP contribution in [0.1, 0.15) is 34.6 Å². The molecule has 0 aliphatic heterocycles. The van der Waals surface area contributed by atoms with Gasteiger partial charge in [-0.3, -0.25) is 4.90 Å². The molecule has 0 N–H and O–H groups in total. The van der Waals surface area contributed by atoms with Gasteiger partial charge in [0.2, 0.25) is 0 Å². The molecule has 0 amide bonds. The Kier molecular flexibility index (Phi) is 7.87. The van der Waals surface area contributed by atoms with Crippen molar-refractivity contribution < 1.29 is 4.74 Å². The average Bonchev–Trinajstić information content (AvgIpc) is 2.17. The second-order valence-electron chi connectivity index (χ2n) is 5.61. The van der Waals surface area contributed by atoms with Crippen LogP contribution in [-0.4, -0.2) is 43.1 Å². The van der Waals surface area contributed by atoms with Gasteiger partial charge in [-0.25, -0.2) is 0 Å². The van der Waals surface area contributed by atoms with Crippen molar-refractivity contribution >= 4 is 15.9 Å². The Morgan fingerprint density at radius 1 is 1.31 bits per heavy atom. The maximum absolute atomic E-state index is 5.23. The van der Waals surface area contributed by atoms with Crippen molar-refractivity contribution in [3.05, 3.63) is 0 Å². The standard InChI is InChI=1S/C13H28BrNO/c1-7-15(11(2)10-16-6)9-12(8-14)13(3,4)5/h11-12H,7-10H2,1-6H3. The Morgan fingerprint density at radius 2 is 1.88 bits per heavy atom. The number of hydrogen-bond acceptors (Lipinski definition) is 2. The van der Waals surface area contributed by atoms with E-state index < -0.39 is 0 Å². The zero-order valence-electron chi connectivity index (χ0n) is 11.7. The van der Waals surface area contributed by atoms with Crippen LogP contribution in [0.3, 0.4) is 0 Å². The van der Waals surface area contributed by atoms with E-state index in [1.54, 1.807) is 7.11 Å². The van der Waals surface area contributed by atoms with E-state index in [0.717, 1.165) is 25.0 Å². The molecule has 0 bridgehead atoms. The Morgan fingerprint density at radius 3 is 2.19 bits per heavy atom. The fraction of sp³-hybridized carbons (Fsp3) is 1.00. The van der Waals surface area contributed by atoms with Gasteiger partial charge >= 0.3 is 0 Å². The predicted octanol–water partition coefficient (Wildman–Crippen LogP) is 3.40. The summed E-state index contributed by atoms with van der Waals surface area (Å²) in [6.45, 7) is 14.4. The molecule has 0 rings (SSSR count). The Balaban J connectivity index is 4.39. The molecule has 0 saturated carbocycles.